The molecular weight excluding hydrogens is 534 g/mol. The van der Waals surface area contributed by atoms with E-state index in [1.165, 1.54) is 4.90 Å². The number of aromatic nitrogens is 2. The fourth-order valence-electron chi connectivity index (χ4n) is 3.68. The molecule has 0 bridgehead atoms. The van der Waals surface area contributed by atoms with Gasteiger partial charge in [-0.2, -0.15) is 4.31 Å². The highest BCUT2D eigenvalue weighted by Gasteiger charge is 2.44. The highest BCUT2D eigenvalue weighted by molar-refractivity contribution is 7.60. The van der Waals surface area contributed by atoms with Gasteiger partial charge in [-0.3, -0.25) is 14.5 Å². The number of imidazole rings is 1. The molecule has 0 saturated carbocycles. The number of hydrogen-bond donors (Lipinski definition) is 10. The predicted molar refractivity (Wildman–Crippen MR) is 115 cm³/mol. The molecule has 4 heterocycles. The summed E-state index contributed by atoms with van der Waals surface area (Å²) in [5.41, 5.74) is 5.92. The van der Waals surface area contributed by atoms with Gasteiger partial charge < -0.3 is 60.5 Å². The number of aliphatic hydroxyl groups excluding tert-OH is 4. The highest BCUT2D eigenvalue weighted by atomic mass is 31.3. The summed E-state index contributed by atoms with van der Waals surface area (Å²) in [5.74, 6) is -2.01. The van der Waals surface area contributed by atoms with Gasteiger partial charge in [0.1, 0.15) is 29.5 Å². The molecule has 1 aromatic heterocycles. The topological polar surface area (TPSA) is 296 Å². The van der Waals surface area contributed by atoms with Crippen molar-refractivity contribution in [3.8, 4) is 0 Å². The van der Waals surface area contributed by atoms with Crippen LogP contribution in [0.4, 0.5) is 11.8 Å². The molecule has 1 aromatic rings. The number of fused-ring (bicyclic) bond motifs is 1. The second-order valence-electron chi connectivity index (χ2n) is 7.58. The fourth-order valence-corrected chi connectivity index (χ4v) is 5.28. The van der Waals surface area contributed by atoms with Crippen LogP contribution < -0.4 is 11.1 Å². The lowest BCUT2D eigenvalue weighted by Gasteiger charge is -2.34. The molecule has 4 rings (SSSR count). The third kappa shape index (κ3) is 4.94. The van der Waals surface area contributed by atoms with Crippen molar-refractivity contribution in [2.75, 3.05) is 30.9 Å². The Balaban J connectivity index is 1.49. The van der Waals surface area contributed by atoms with Crippen LogP contribution in [0.1, 0.15) is 11.9 Å². The van der Waals surface area contributed by atoms with Gasteiger partial charge in [0.25, 0.3) is 0 Å². The van der Waals surface area contributed by atoms with Crippen molar-refractivity contribution in [2.24, 2.45) is 0 Å². The second-order valence-corrected chi connectivity index (χ2v) is 10.4. The summed E-state index contributed by atoms with van der Waals surface area (Å²) in [6.07, 6.45) is -3.91. The van der Waals surface area contributed by atoms with Gasteiger partial charge in [0, 0.05) is 0 Å². The van der Waals surface area contributed by atoms with E-state index < -0.39 is 70.8 Å². The number of hydrogen-bond acceptors (Lipinski definition) is 14. The van der Waals surface area contributed by atoms with Gasteiger partial charge >= 0.3 is 15.6 Å². The largest absolute Gasteiger partial charge is 0.508 e. The van der Waals surface area contributed by atoms with Crippen molar-refractivity contribution >= 4 is 33.2 Å². The number of phosphoric ester groups is 1. The molecule has 21 heteroatoms. The zero-order valence-electron chi connectivity index (χ0n) is 17.9. The van der Waals surface area contributed by atoms with Crippen LogP contribution in [-0.2, 0) is 27.4 Å². The number of nitrogens with one attached hydrogen (secondary N) is 2. The van der Waals surface area contributed by atoms with Crippen molar-refractivity contribution in [1.82, 2.24) is 14.5 Å². The summed E-state index contributed by atoms with van der Waals surface area (Å²) in [7, 11) is -10.5. The van der Waals surface area contributed by atoms with Crippen LogP contribution in [0.2, 0.25) is 0 Å². The average molecular weight is 556 g/mol. The zero-order valence-corrected chi connectivity index (χ0v) is 19.7. The third-order valence-corrected chi connectivity index (χ3v) is 7.32. The SMILES string of the molecule is N=C1c2nc(N)n([C@@H]3O[C@H](COP(=O)(O)OP(=O)(O)O)C=C3O)c2NCN1[C@@H]1O[C@H](CO)C(O)=C1O. The van der Waals surface area contributed by atoms with Gasteiger partial charge in [0.15, 0.2) is 29.8 Å². The third-order valence-electron chi connectivity index (χ3n) is 5.17. The first kappa shape index (κ1) is 26.4. The van der Waals surface area contributed by atoms with Crippen LogP contribution in [-0.4, -0.2) is 93.7 Å². The monoisotopic (exact) mass is 556 g/mol. The molecule has 11 N–H and O–H groups in total. The Morgan fingerprint density at radius 1 is 1.19 bits per heavy atom. The smallest absolute Gasteiger partial charge is 0.481 e. The standard InChI is InChI=1S/C15H22N6O13P2/c16-11-8-12(18-4-20(11)14-10(25)9(24)7(2-22)33-14)21(15(17)19-8)13-6(23)1-5(32-13)3-31-36(29,30)34-35(26,27)28/h1,5,7,13-14,16,18,22-25H,2-4H2,(H2,17,19)(H,29,30)(H2,26,27,28)/t5-,7+,13+,14+/m0/s1. The normalized spacial score (nSPS) is 28.2. The number of aliphatic hydroxyl groups is 4. The number of phosphoric acid groups is 2. The molecule has 3 aliphatic rings. The Morgan fingerprint density at radius 2 is 1.89 bits per heavy atom. The van der Waals surface area contributed by atoms with Crippen molar-refractivity contribution in [3.63, 3.8) is 0 Å². The van der Waals surface area contributed by atoms with Crippen LogP contribution in [0.3, 0.4) is 0 Å². The maximum Gasteiger partial charge on any atom is 0.481 e. The molecule has 36 heavy (non-hydrogen) atoms. The molecule has 0 radical (unpaired) electrons. The Morgan fingerprint density at radius 3 is 2.50 bits per heavy atom. The van der Waals surface area contributed by atoms with Gasteiger partial charge in [-0.25, -0.2) is 14.1 Å². The van der Waals surface area contributed by atoms with Gasteiger partial charge in [-0.15, -0.1) is 0 Å². The van der Waals surface area contributed by atoms with Gasteiger partial charge in [0.05, 0.1) is 19.9 Å². The Hall–Kier alpha value is -2.70. The number of ether oxygens (including phenoxy) is 2. The molecular formula is C15H22N6O13P2. The first-order chi connectivity index (χ1) is 16.7. The van der Waals surface area contributed by atoms with Crippen LogP contribution in [0.25, 0.3) is 0 Å². The van der Waals surface area contributed by atoms with Crippen molar-refractivity contribution in [2.45, 2.75) is 24.7 Å². The molecule has 0 amide bonds. The zero-order chi connectivity index (χ0) is 26.6. The minimum Gasteiger partial charge on any atom is -0.508 e. The number of amidine groups is 1. The lowest BCUT2D eigenvalue weighted by molar-refractivity contribution is -0.0518. The maximum atomic E-state index is 11.6. The summed E-state index contributed by atoms with van der Waals surface area (Å²) >= 11 is 0. The quantitative estimate of drug-likeness (QED) is 0.173. The van der Waals surface area contributed by atoms with Gasteiger partial charge in [-0.05, 0) is 6.08 Å². The van der Waals surface area contributed by atoms with E-state index in [-0.39, 0.29) is 30.0 Å². The van der Waals surface area contributed by atoms with Crippen LogP contribution >= 0.6 is 15.6 Å². The van der Waals surface area contributed by atoms with E-state index in [0.29, 0.717) is 0 Å². The first-order valence-corrected chi connectivity index (χ1v) is 12.9. The first-order valence-electron chi connectivity index (χ1n) is 9.88. The Labute approximate surface area is 201 Å². The number of nitrogen functional groups attached to an aromatic ring is 1. The minimum atomic E-state index is -5.32. The maximum absolute atomic E-state index is 11.6. The van der Waals surface area contributed by atoms with E-state index in [1.54, 1.807) is 0 Å². The molecule has 0 saturated heterocycles. The summed E-state index contributed by atoms with van der Waals surface area (Å²) in [5, 5.41) is 51.0. The van der Waals surface area contributed by atoms with Crippen molar-refractivity contribution in [1.29, 1.82) is 5.41 Å². The lowest BCUT2D eigenvalue weighted by Crippen LogP contribution is -2.48. The number of rotatable bonds is 8. The van der Waals surface area contributed by atoms with E-state index in [9.17, 15) is 34.4 Å². The van der Waals surface area contributed by atoms with E-state index in [1.807, 2.05) is 0 Å². The van der Waals surface area contributed by atoms with Crippen LogP contribution in [0.15, 0.2) is 23.4 Å². The Bertz CT molecular complexity index is 1230. The second kappa shape index (κ2) is 9.31. The highest BCUT2D eigenvalue weighted by Crippen LogP contribution is 2.57. The van der Waals surface area contributed by atoms with E-state index in [0.717, 1.165) is 10.6 Å². The molecule has 0 spiro atoms. The fraction of sp³-hybridized carbons (Fsp3) is 0.467. The molecule has 0 fully saturated rings. The van der Waals surface area contributed by atoms with Crippen LogP contribution in [0.5, 0.6) is 0 Å². The van der Waals surface area contributed by atoms with Crippen molar-refractivity contribution < 1.29 is 62.5 Å². The molecule has 0 aliphatic carbocycles. The number of nitrogens with zero attached hydrogens (tertiary/aromatic N) is 3. The lowest BCUT2D eigenvalue weighted by atomic mass is 10.2. The van der Waals surface area contributed by atoms with Crippen LogP contribution in [0, 0.1) is 5.41 Å². The molecule has 0 aromatic carbocycles. The van der Waals surface area contributed by atoms with E-state index in [4.69, 9.17) is 30.4 Å². The summed E-state index contributed by atoms with van der Waals surface area (Å²) in [4.78, 5) is 31.9. The minimum absolute atomic E-state index is 0.0481. The molecule has 3 aliphatic heterocycles. The predicted octanol–water partition coefficient (Wildman–Crippen LogP) is -0.914. The molecule has 200 valence electrons. The van der Waals surface area contributed by atoms with E-state index in [2.05, 4.69) is 19.1 Å². The van der Waals surface area contributed by atoms with Crippen molar-refractivity contribution in [3.05, 3.63) is 29.0 Å². The molecule has 5 atom stereocenters. The molecule has 19 nitrogen and oxygen atoms in total. The van der Waals surface area contributed by atoms with Gasteiger partial charge in [0.2, 0.25) is 5.95 Å². The Kier molecular flexibility index (Phi) is 6.82. The number of anilines is 2. The molecule has 1 unspecified atom stereocenters. The number of nitrogens with two attached hydrogens (primary N) is 1. The summed E-state index contributed by atoms with van der Waals surface area (Å²) < 4.78 is 42.6. The van der Waals surface area contributed by atoms with E-state index >= 15 is 0 Å². The summed E-state index contributed by atoms with van der Waals surface area (Å²) in [6.45, 7) is -1.53. The summed E-state index contributed by atoms with van der Waals surface area (Å²) in [6, 6.07) is 0. The average Bonchev–Trinajstić information content (AvgIpc) is 3.39. The van der Waals surface area contributed by atoms with Gasteiger partial charge in [-0.1, -0.05) is 0 Å².